The number of alkyl halides is 3. The van der Waals surface area contributed by atoms with Gasteiger partial charge in [-0.1, -0.05) is 22.9 Å². The summed E-state index contributed by atoms with van der Waals surface area (Å²) in [7, 11) is 0. The third-order valence-electron chi connectivity index (χ3n) is 2.68. The van der Waals surface area contributed by atoms with Gasteiger partial charge in [0.1, 0.15) is 12.4 Å². The van der Waals surface area contributed by atoms with Gasteiger partial charge < -0.3 is 15.2 Å². The number of hydrogen-bond donors (Lipinski definition) is 2. The molecule has 0 saturated heterocycles. The minimum absolute atomic E-state index is 0.0369. The molecule has 0 aliphatic rings. The molecule has 0 aromatic heterocycles. The Labute approximate surface area is 124 Å². The fourth-order valence-corrected chi connectivity index (χ4v) is 2.15. The number of nitrogens with one attached hydrogen (secondary N) is 1. The lowest BCUT2D eigenvalue weighted by molar-refractivity contribution is -0.173. The average Bonchev–Trinajstić information content (AvgIpc) is 2.36. The summed E-state index contributed by atoms with van der Waals surface area (Å²) in [4.78, 5) is 0. The smallest absolute Gasteiger partial charge is 0.411 e. The maximum absolute atomic E-state index is 11.9. The number of benzene rings is 1. The van der Waals surface area contributed by atoms with Crippen LogP contribution in [0.15, 0.2) is 22.7 Å². The second kappa shape index (κ2) is 7.85. The van der Waals surface area contributed by atoms with Gasteiger partial charge in [-0.2, -0.15) is 13.2 Å². The van der Waals surface area contributed by atoms with Crippen molar-refractivity contribution in [1.29, 1.82) is 0 Å². The summed E-state index contributed by atoms with van der Waals surface area (Å²) in [6.07, 6.45) is -3.60. The molecule has 0 saturated carbocycles. The number of rotatable bonds is 7. The van der Waals surface area contributed by atoms with Gasteiger partial charge in [-0.3, -0.25) is 0 Å². The highest BCUT2D eigenvalue weighted by molar-refractivity contribution is 9.10. The first-order valence-electron chi connectivity index (χ1n) is 6.19. The molecular formula is C13H17BrF3NO2. The summed E-state index contributed by atoms with van der Waals surface area (Å²) < 4.78 is 41.0. The van der Waals surface area contributed by atoms with Crippen LogP contribution in [0.2, 0.25) is 0 Å². The Morgan fingerprint density at radius 3 is 2.70 bits per heavy atom. The molecule has 0 radical (unpaired) electrons. The van der Waals surface area contributed by atoms with Crippen molar-refractivity contribution in [2.75, 3.05) is 19.8 Å². The molecule has 0 aliphatic heterocycles. The minimum atomic E-state index is -4.30. The molecule has 0 aliphatic carbocycles. The summed E-state index contributed by atoms with van der Waals surface area (Å²) in [5.74, 6) is 0.156. The molecule has 0 heterocycles. The van der Waals surface area contributed by atoms with E-state index < -0.39 is 12.8 Å². The van der Waals surface area contributed by atoms with E-state index in [2.05, 4.69) is 26.0 Å². The third kappa shape index (κ3) is 6.11. The van der Waals surface area contributed by atoms with Crippen LogP contribution < -0.4 is 5.32 Å². The summed E-state index contributed by atoms with van der Waals surface area (Å²) in [5.41, 5.74) is 0.706. The van der Waals surface area contributed by atoms with Gasteiger partial charge in [0.15, 0.2) is 0 Å². The lowest BCUT2D eigenvalue weighted by atomic mass is 10.0. The zero-order valence-electron chi connectivity index (χ0n) is 11.0. The van der Waals surface area contributed by atoms with Crippen LogP contribution in [0.1, 0.15) is 24.9 Å². The van der Waals surface area contributed by atoms with E-state index in [1.54, 1.807) is 18.2 Å². The zero-order chi connectivity index (χ0) is 15.2. The molecule has 7 heteroatoms. The highest BCUT2D eigenvalue weighted by Gasteiger charge is 2.27. The van der Waals surface area contributed by atoms with Gasteiger partial charge in [-0.25, -0.2) is 0 Å². The Balaban J connectivity index is 2.45. The maximum atomic E-state index is 11.9. The van der Waals surface area contributed by atoms with Crippen LogP contribution in [0.5, 0.6) is 5.75 Å². The Morgan fingerprint density at radius 2 is 2.10 bits per heavy atom. The molecule has 0 amide bonds. The quantitative estimate of drug-likeness (QED) is 0.731. The van der Waals surface area contributed by atoms with Crippen molar-refractivity contribution in [2.45, 2.75) is 25.6 Å². The zero-order valence-corrected chi connectivity index (χ0v) is 12.6. The predicted octanol–water partition coefficient (Wildman–Crippen LogP) is 3.77. The molecule has 1 atom stereocenters. The Morgan fingerprint density at radius 1 is 1.40 bits per heavy atom. The number of aromatic hydroxyl groups is 1. The van der Waals surface area contributed by atoms with Crippen LogP contribution in [0.3, 0.4) is 0 Å². The molecular weight excluding hydrogens is 339 g/mol. The van der Waals surface area contributed by atoms with Gasteiger partial charge in [0.2, 0.25) is 0 Å². The number of phenolic OH excluding ortho intramolecular Hbond substituents is 1. The van der Waals surface area contributed by atoms with Crippen molar-refractivity contribution >= 4 is 15.9 Å². The molecule has 0 bridgehead atoms. The lowest BCUT2D eigenvalue weighted by Gasteiger charge is -2.19. The largest absolute Gasteiger partial charge is 0.508 e. The first-order chi connectivity index (χ1) is 9.33. The Kier molecular flexibility index (Phi) is 6.78. The van der Waals surface area contributed by atoms with Crippen molar-refractivity contribution in [3.8, 4) is 5.75 Å². The minimum Gasteiger partial charge on any atom is -0.508 e. The van der Waals surface area contributed by atoms with Gasteiger partial charge >= 0.3 is 6.18 Å². The molecule has 2 N–H and O–H groups in total. The van der Waals surface area contributed by atoms with E-state index in [1.165, 1.54) is 0 Å². The summed E-state index contributed by atoms with van der Waals surface area (Å²) in [5, 5.41) is 12.9. The van der Waals surface area contributed by atoms with E-state index in [0.29, 0.717) is 12.0 Å². The molecule has 0 spiro atoms. The fraction of sp³-hybridized carbons (Fsp3) is 0.538. The first kappa shape index (κ1) is 17.3. The highest BCUT2D eigenvalue weighted by Crippen LogP contribution is 2.29. The number of halogens is 4. The van der Waals surface area contributed by atoms with E-state index in [4.69, 9.17) is 0 Å². The van der Waals surface area contributed by atoms with Crippen molar-refractivity contribution in [2.24, 2.45) is 0 Å². The second-order valence-electron chi connectivity index (χ2n) is 4.29. The van der Waals surface area contributed by atoms with Crippen LogP contribution >= 0.6 is 15.9 Å². The topological polar surface area (TPSA) is 41.5 Å². The summed E-state index contributed by atoms with van der Waals surface area (Å²) >= 11 is 3.32. The molecule has 20 heavy (non-hydrogen) atoms. The van der Waals surface area contributed by atoms with Gasteiger partial charge in [0.05, 0.1) is 6.61 Å². The van der Waals surface area contributed by atoms with Crippen LogP contribution in [0.25, 0.3) is 0 Å². The van der Waals surface area contributed by atoms with Crippen molar-refractivity contribution in [1.82, 2.24) is 5.32 Å². The first-order valence-corrected chi connectivity index (χ1v) is 6.99. The van der Waals surface area contributed by atoms with Gasteiger partial charge in [-0.05, 0) is 24.6 Å². The second-order valence-corrected chi connectivity index (χ2v) is 5.20. The Bertz CT molecular complexity index is 427. The van der Waals surface area contributed by atoms with Crippen LogP contribution in [0.4, 0.5) is 13.2 Å². The summed E-state index contributed by atoms with van der Waals surface area (Å²) in [6.45, 7) is 0.924. The van der Waals surface area contributed by atoms with Crippen LogP contribution in [0, 0.1) is 0 Å². The van der Waals surface area contributed by atoms with Crippen molar-refractivity contribution in [3.05, 3.63) is 28.2 Å². The SMILES string of the molecule is CCC(NCCOCC(F)(F)F)c1cc(Br)ccc1O. The van der Waals surface area contributed by atoms with Crippen molar-refractivity contribution in [3.63, 3.8) is 0 Å². The van der Waals surface area contributed by atoms with Crippen LogP contribution in [-0.2, 0) is 4.74 Å². The predicted molar refractivity (Wildman–Crippen MR) is 73.7 cm³/mol. The molecule has 1 unspecified atom stereocenters. The summed E-state index contributed by atoms with van der Waals surface area (Å²) in [6, 6.07) is 4.94. The van der Waals surface area contributed by atoms with E-state index in [1.807, 2.05) is 6.92 Å². The monoisotopic (exact) mass is 355 g/mol. The third-order valence-corrected chi connectivity index (χ3v) is 3.17. The lowest BCUT2D eigenvalue weighted by Crippen LogP contribution is -2.27. The molecule has 1 aromatic carbocycles. The molecule has 1 rings (SSSR count). The van der Waals surface area contributed by atoms with Gasteiger partial charge in [0.25, 0.3) is 0 Å². The standard InChI is InChI=1S/C13H17BrF3NO2/c1-2-11(10-7-9(14)3-4-12(10)19)18-5-6-20-8-13(15,16)17/h3-4,7,11,18-19H,2,5-6,8H2,1H3. The van der Waals surface area contributed by atoms with Gasteiger partial charge in [-0.15, -0.1) is 0 Å². The fourth-order valence-electron chi connectivity index (χ4n) is 1.77. The number of hydrogen-bond acceptors (Lipinski definition) is 3. The van der Waals surface area contributed by atoms with Gasteiger partial charge in [0, 0.05) is 22.6 Å². The molecule has 114 valence electrons. The van der Waals surface area contributed by atoms with E-state index in [0.717, 1.165) is 4.47 Å². The number of phenols is 1. The van der Waals surface area contributed by atoms with Crippen molar-refractivity contribution < 1.29 is 23.0 Å². The average molecular weight is 356 g/mol. The molecule has 3 nitrogen and oxygen atoms in total. The number of ether oxygens (including phenoxy) is 1. The molecule has 0 fully saturated rings. The van der Waals surface area contributed by atoms with E-state index in [-0.39, 0.29) is 24.9 Å². The van der Waals surface area contributed by atoms with E-state index in [9.17, 15) is 18.3 Å². The van der Waals surface area contributed by atoms with Crippen LogP contribution in [-0.4, -0.2) is 31.0 Å². The molecule has 1 aromatic rings. The van der Waals surface area contributed by atoms with E-state index >= 15 is 0 Å². The highest BCUT2D eigenvalue weighted by atomic mass is 79.9. The normalized spacial score (nSPS) is 13.4. The maximum Gasteiger partial charge on any atom is 0.411 e. The Hall–Kier alpha value is -0.790.